The van der Waals surface area contributed by atoms with E-state index in [4.69, 9.17) is 11.6 Å². The first-order valence-corrected chi connectivity index (χ1v) is 8.18. The molecule has 2 aromatic heterocycles. The van der Waals surface area contributed by atoms with Crippen molar-refractivity contribution in [1.29, 1.82) is 0 Å². The Morgan fingerprint density at radius 1 is 1.21 bits per heavy atom. The van der Waals surface area contributed by atoms with E-state index in [-0.39, 0.29) is 11.9 Å². The molecular weight excluding hydrogens is 324 g/mol. The molecule has 1 amide bonds. The second-order valence-corrected chi connectivity index (χ2v) is 6.52. The second kappa shape index (κ2) is 6.24. The van der Waals surface area contributed by atoms with Crippen molar-refractivity contribution < 1.29 is 4.79 Å². The van der Waals surface area contributed by atoms with Crippen LogP contribution in [-0.4, -0.2) is 26.7 Å². The van der Waals surface area contributed by atoms with E-state index in [2.05, 4.69) is 15.4 Å². The molecule has 1 N–H and O–H groups in total. The number of carbonyl (C=O) groups excluding carboxylic acids is 1. The molecule has 3 rings (SSSR count). The molecular formula is C18H19ClN4O. The molecule has 6 heteroatoms. The van der Waals surface area contributed by atoms with Gasteiger partial charge in [-0.1, -0.05) is 29.3 Å². The van der Waals surface area contributed by atoms with Gasteiger partial charge in [-0.15, -0.1) is 0 Å². The number of nitrogens with one attached hydrogen (secondary N) is 1. The van der Waals surface area contributed by atoms with E-state index in [1.807, 2.05) is 52.0 Å². The lowest BCUT2D eigenvalue weighted by molar-refractivity contribution is 0.0943. The summed E-state index contributed by atoms with van der Waals surface area (Å²) in [5, 5.41) is 8.47. The van der Waals surface area contributed by atoms with E-state index in [0.717, 1.165) is 11.4 Å². The lowest BCUT2D eigenvalue weighted by Crippen LogP contribution is -2.30. The number of halogens is 1. The predicted molar refractivity (Wildman–Crippen MR) is 96.0 cm³/mol. The van der Waals surface area contributed by atoms with Gasteiger partial charge < -0.3 is 5.32 Å². The molecule has 0 atom stereocenters. The average molecular weight is 343 g/mol. The molecule has 3 aromatic rings. The van der Waals surface area contributed by atoms with Gasteiger partial charge in [0.25, 0.3) is 5.91 Å². The van der Waals surface area contributed by atoms with Crippen molar-refractivity contribution in [1.82, 2.24) is 20.1 Å². The molecule has 0 radical (unpaired) electrons. The molecule has 0 saturated carbocycles. The summed E-state index contributed by atoms with van der Waals surface area (Å²) in [7, 11) is 0. The Bertz CT molecular complexity index is 913. The number of carbonyl (C=O) groups is 1. The zero-order chi connectivity index (χ0) is 17.4. The predicted octanol–water partition coefficient (Wildman–Crippen LogP) is 3.83. The molecule has 5 nitrogen and oxygen atoms in total. The summed E-state index contributed by atoms with van der Waals surface area (Å²) >= 11 is 6.50. The molecule has 0 saturated heterocycles. The maximum absolute atomic E-state index is 12.3. The first-order chi connectivity index (χ1) is 11.4. The standard InChI is InChI=1S/C18H19ClN4O/c1-10(2)21-18(24)14-9-20-17-15(16(14)19)12(4)22-23(17)13-7-5-11(3)6-8-13/h5-10H,1-4H3,(H,21,24). The highest BCUT2D eigenvalue weighted by Gasteiger charge is 2.20. The summed E-state index contributed by atoms with van der Waals surface area (Å²) in [4.78, 5) is 16.7. The molecule has 0 spiro atoms. The van der Waals surface area contributed by atoms with Gasteiger partial charge in [0.1, 0.15) is 0 Å². The van der Waals surface area contributed by atoms with Crippen LogP contribution in [0.25, 0.3) is 16.7 Å². The number of benzene rings is 1. The number of hydrogen-bond acceptors (Lipinski definition) is 3. The van der Waals surface area contributed by atoms with Crippen LogP contribution in [0.15, 0.2) is 30.5 Å². The van der Waals surface area contributed by atoms with E-state index in [0.29, 0.717) is 21.6 Å². The van der Waals surface area contributed by atoms with Gasteiger partial charge in [-0.05, 0) is 39.8 Å². The Kier molecular flexibility index (Phi) is 4.28. The summed E-state index contributed by atoms with van der Waals surface area (Å²) < 4.78 is 1.75. The number of pyridine rings is 1. The minimum absolute atomic E-state index is 0.0284. The molecule has 0 aliphatic heterocycles. The Morgan fingerprint density at radius 2 is 1.88 bits per heavy atom. The van der Waals surface area contributed by atoms with E-state index in [1.54, 1.807) is 4.68 Å². The van der Waals surface area contributed by atoms with Gasteiger partial charge in [0.15, 0.2) is 5.65 Å². The number of rotatable bonds is 3. The first-order valence-electron chi connectivity index (χ1n) is 7.80. The minimum atomic E-state index is -0.230. The third kappa shape index (κ3) is 2.87. The van der Waals surface area contributed by atoms with Crippen molar-refractivity contribution in [3.8, 4) is 5.69 Å². The molecule has 0 bridgehead atoms. The first kappa shape index (κ1) is 16.5. The van der Waals surface area contributed by atoms with Crippen LogP contribution in [0.2, 0.25) is 5.02 Å². The van der Waals surface area contributed by atoms with Crippen LogP contribution in [0.4, 0.5) is 0 Å². The number of amides is 1. The van der Waals surface area contributed by atoms with E-state index >= 15 is 0 Å². The summed E-state index contributed by atoms with van der Waals surface area (Å²) in [6, 6.07) is 8.03. The number of hydrogen-bond donors (Lipinski definition) is 1. The van der Waals surface area contributed by atoms with Crippen molar-refractivity contribution in [3.05, 3.63) is 52.3 Å². The molecule has 2 heterocycles. The third-order valence-electron chi connectivity index (χ3n) is 3.75. The van der Waals surface area contributed by atoms with Gasteiger partial charge in [0, 0.05) is 12.2 Å². The highest BCUT2D eigenvalue weighted by molar-refractivity contribution is 6.38. The van der Waals surface area contributed by atoms with Crippen molar-refractivity contribution in [2.45, 2.75) is 33.7 Å². The summed E-state index contributed by atoms with van der Waals surface area (Å²) in [5.41, 5.74) is 3.82. The fourth-order valence-corrected chi connectivity index (χ4v) is 2.93. The van der Waals surface area contributed by atoms with Crippen LogP contribution in [0.5, 0.6) is 0 Å². The summed E-state index contributed by atoms with van der Waals surface area (Å²) in [6.45, 7) is 7.70. The van der Waals surface area contributed by atoms with Crippen LogP contribution >= 0.6 is 11.6 Å². The SMILES string of the molecule is Cc1ccc(-n2nc(C)c3c(Cl)c(C(=O)NC(C)C)cnc32)cc1. The van der Waals surface area contributed by atoms with Crippen molar-refractivity contribution in [3.63, 3.8) is 0 Å². The Labute approximate surface area is 145 Å². The normalized spacial score (nSPS) is 11.2. The number of fused-ring (bicyclic) bond motifs is 1. The Morgan fingerprint density at radius 3 is 2.50 bits per heavy atom. The van der Waals surface area contributed by atoms with Gasteiger partial charge in [0.2, 0.25) is 0 Å². The van der Waals surface area contributed by atoms with Crippen molar-refractivity contribution in [2.75, 3.05) is 0 Å². The fraction of sp³-hybridized carbons (Fsp3) is 0.278. The fourth-order valence-electron chi connectivity index (χ4n) is 2.57. The Hall–Kier alpha value is -2.40. The molecule has 124 valence electrons. The molecule has 24 heavy (non-hydrogen) atoms. The maximum Gasteiger partial charge on any atom is 0.254 e. The molecule has 0 fully saturated rings. The van der Waals surface area contributed by atoms with Gasteiger partial charge in [-0.2, -0.15) is 5.10 Å². The van der Waals surface area contributed by atoms with Gasteiger partial charge in [0.05, 0.1) is 27.4 Å². The zero-order valence-corrected chi connectivity index (χ0v) is 14.8. The van der Waals surface area contributed by atoms with E-state index in [1.165, 1.54) is 11.8 Å². The lowest BCUT2D eigenvalue weighted by atomic mass is 10.2. The van der Waals surface area contributed by atoms with E-state index in [9.17, 15) is 4.79 Å². The summed E-state index contributed by atoms with van der Waals surface area (Å²) in [5.74, 6) is -0.230. The van der Waals surface area contributed by atoms with Crippen LogP contribution in [0.1, 0.15) is 35.5 Å². The maximum atomic E-state index is 12.3. The Balaban J connectivity index is 2.15. The smallest absolute Gasteiger partial charge is 0.254 e. The quantitative estimate of drug-likeness (QED) is 0.787. The highest BCUT2D eigenvalue weighted by Crippen LogP contribution is 2.30. The van der Waals surface area contributed by atoms with Crippen molar-refractivity contribution in [2.24, 2.45) is 0 Å². The second-order valence-electron chi connectivity index (χ2n) is 6.15. The van der Waals surface area contributed by atoms with Crippen LogP contribution < -0.4 is 5.32 Å². The zero-order valence-electron chi connectivity index (χ0n) is 14.1. The topological polar surface area (TPSA) is 59.8 Å². The molecule has 1 aromatic carbocycles. The van der Waals surface area contributed by atoms with Crippen LogP contribution in [-0.2, 0) is 0 Å². The highest BCUT2D eigenvalue weighted by atomic mass is 35.5. The molecule has 0 unspecified atom stereocenters. The average Bonchev–Trinajstić information content (AvgIpc) is 2.85. The monoisotopic (exact) mass is 342 g/mol. The van der Waals surface area contributed by atoms with Crippen LogP contribution in [0.3, 0.4) is 0 Å². The number of aryl methyl sites for hydroxylation is 2. The lowest BCUT2D eigenvalue weighted by Gasteiger charge is -2.10. The number of nitrogens with zero attached hydrogens (tertiary/aromatic N) is 3. The van der Waals surface area contributed by atoms with Gasteiger partial charge >= 0.3 is 0 Å². The van der Waals surface area contributed by atoms with Gasteiger partial charge in [-0.3, -0.25) is 4.79 Å². The van der Waals surface area contributed by atoms with E-state index < -0.39 is 0 Å². The minimum Gasteiger partial charge on any atom is -0.350 e. The largest absolute Gasteiger partial charge is 0.350 e. The molecule has 0 aliphatic carbocycles. The summed E-state index contributed by atoms with van der Waals surface area (Å²) in [6.07, 6.45) is 1.51. The molecule has 0 aliphatic rings. The number of aromatic nitrogens is 3. The third-order valence-corrected chi connectivity index (χ3v) is 4.14. The van der Waals surface area contributed by atoms with Crippen molar-refractivity contribution >= 4 is 28.5 Å². The van der Waals surface area contributed by atoms with Crippen LogP contribution in [0, 0.1) is 13.8 Å². The van der Waals surface area contributed by atoms with Gasteiger partial charge in [-0.25, -0.2) is 9.67 Å².